The largest absolute Gasteiger partial charge is 0.504 e. The van der Waals surface area contributed by atoms with Crippen LogP contribution in [0.25, 0.3) is 0 Å². The first-order valence-electron chi connectivity index (χ1n) is 14.5. The van der Waals surface area contributed by atoms with E-state index in [0.717, 1.165) is 62.5 Å². The molecule has 0 aliphatic carbocycles. The number of aryl methyl sites for hydroxylation is 1. The minimum atomic E-state index is -0.659. The van der Waals surface area contributed by atoms with Crippen LogP contribution in [-0.2, 0) is 20.7 Å². The Balaban J connectivity index is 0.000000889. The van der Waals surface area contributed by atoms with Gasteiger partial charge < -0.3 is 24.4 Å². The number of carbonyl (C=O) groups excluding carboxylic acids is 1. The minimum Gasteiger partial charge on any atom is -0.504 e. The third kappa shape index (κ3) is 15.7. The van der Waals surface area contributed by atoms with Crippen molar-refractivity contribution < 1.29 is 34.0 Å². The number of rotatable bonds is 20. The van der Waals surface area contributed by atoms with Crippen LogP contribution in [0.2, 0.25) is 0 Å². The summed E-state index contributed by atoms with van der Waals surface area (Å²) in [7, 11) is 4.54. The summed E-state index contributed by atoms with van der Waals surface area (Å²) in [4.78, 5) is 21.5. The van der Waals surface area contributed by atoms with E-state index >= 15 is 0 Å². The predicted molar refractivity (Wildman–Crippen MR) is 153 cm³/mol. The monoisotopic (exact) mass is 538 g/mol. The number of aliphatic carboxylic acids is 1. The number of carboxylic acids is 1. The molecule has 7 nitrogen and oxygen atoms in total. The summed E-state index contributed by atoms with van der Waals surface area (Å²) in [6.07, 6.45) is 17.2. The van der Waals surface area contributed by atoms with Gasteiger partial charge in [-0.3, -0.25) is 9.59 Å². The second-order valence-corrected chi connectivity index (χ2v) is 10.1. The Morgan fingerprint density at radius 1 is 0.842 bits per heavy atom. The van der Waals surface area contributed by atoms with E-state index in [1.54, 1.807) is 14.0 Å². The summed E-state index contributed by atoms with van der Waals surface area (Å²) in [5.74, 6) is 0.230. The van der Waals surface area contributed by atoms with Crippen molar-refractivity contribution in [2.75, 3.05) is 21.3 Å². The Kier molecular flexibility index (Phi) is 21.1. The van der Waals surface area contributed by atoms with Gasteiger partial charge in [-0.2, -0.15) is 0 Å². The Morgan fingerprint density at radius 2 is 1.39 bits per heavy atom. The fraction of sp³-hybridized carbons (Fsp3) is 0.742. The van der Waals surface area contributed by atoms with Crippen LogP contribution in [0.3, 0.4) is 0 Å². The van der Waals surface area contributed by atoms with Crippen molar-refractivity contribution >= 4 is 11.9 Å². The van der Waals surface area contributed by atoms with Crippen molar-refractivity contribution in [1.82, 2.24) is 0 Å². The van der Waals surface area contributed by atoms with Crippen LogP contribution in [0.1, 0.15) is 121 Å². The number of carboxylic acid groups (broad SMARTS) is 1. The van der Waals surface area contributed by atoms with Crippen molar-refractivity contribution in [1.29, 1.82) is 0 Å². The van der Waals surface area contributed by atoms with Crippen LogP contribution in [0.4, 0.5) is 0 Å². The van der Waals surface area contributed by atoms with Gasteiger partial charge in [-0.15, -0.1) is 0 Å². The molecule has 2 N–H and O–H groups in total. The van der Waals surface area contributed by atoms with Gasteiger partial charge in [-0.25, -0.2) is 0 Å². The van der Waals surface area contributed by atoms with Crippen LogP contribution in [0.5, 0.6) is 17.2 Å². The molecule has 0 aliphatic rings. The lowest BCUT2D eigenvalue weighted by atomic mass is 9.99. The van der Waals surface area contributed by atoms with Gasteiger partial charge in [-0.1, -0.05) is 84.5 Å². The van der Waals surface area contributed by atoms with E-state index < -0.39 is 5.97 Å². The molecule has 0 fully saturated rings. The van der Waals surface area contributed by atoms with Gasteiger partial charge in [0.2, 0.25) is 5.75 Å². The molecule has 0 aliphatic heterocycles. The zero-order chi connectivity index (χ0) is 28.8. The number of methoxy groups -OCH3 is 3. The number of hydrogen-bond acceptors (Lipinski definition) is 6. The highest BCUT2D eigenvalue weighted by molar-refractivity contribution is 5.69. The molecule has 1 aromatic rings. The number of benzene rings is 1. The molecule has 220 valence electrons. The summed E-state index contributed by atoms with van der Waals surface area (Å²) in [5, 5.41) is 19.0. The molecule has 0 aromatic heterocycles. The third-order valence-corrected chi connectivity index (χ3v) is 6.92. The minimum absolute atomic E-state index is 0.120. The Labute approximate surface area is 231 Å². The van der Waals surface area contributed by atoms with E-state index in [4.69, 9.17) is 14.6 Å². The van der Waals surface area contributed by atoms with Gasteiger partial charge in [0.05, 0.1) is 27.2 Å². The first-order valence-corrected chi connectivity index (χ1v) is 14.5. The Hall–Kier alpha value is -2.44. The molecule has 1 rings (SSSR count). The van der Waals surface area contributed by atoms with E-state index in [0.29, 0.717) is 17.9 Å². The van der Waals surface area contributed by atoms with Gasteiger partial charge in [0.1, 0.15) is 0 Å². The molecular formula is C31H54O7. The van der Waals surface area contributed by atoms with E-state index in [1.807, 2.05) is 13.0 Å². The van der Waals surface area contributed by atoms with E-state index in [9.17, 15) is 14.7 Å². The Bertz CT molecular complexity index is 776. The molecule has 0 amide bonds. The highest BCUT2D eigenvalue weighted by atomic mass is 16.5. The van der Waals surface area contributed by atoms with Crippen molar-refractivity contribution in [3.63, 3.8) is 0 Å². The van der Waals surface area contributed by atoms with Gasteiger partial charge >= 0.3 is 11.9 Å². The molecule has 0 heterocycles. The molecule has 7 heteroatoms. The van der Waals surface area contributed by atoms with E-state index in [2.05, 4.69) is 11.7 Å². The molecule has 1 atom stereocenters. The number of aromatic hydroxyl groups is 1. The van der Waals surface area contributed by atoms with E-state index in [1.165, 1.54) is 59.2 Å². The van der Waals surface area contributed by atoms with E-state index in [-0.39, 0.29) is 17.6 Å². The molecule has 1 aromatic carbocycles. The molecule has 38 heavy (non-hydrogen) atoms. The zero-order valence-electron chi connectivity index (χ0n) is 24.9. The number of phenolic OH excluding ortho intramolecular Hbond substituents is 1. The molecule has 0 radical (unpaired) electrons. The van der Waals surface area contributed by atoms with Crippen LogP contribution >= 0.6 is 0 Å². The summed E-state index contributed by atoms with van der Waals surface area (Å²) in [5.41, 5.74) is 1.97. The SMILES string of the molecule is CCCCCCCCC(C)C(=O)O.COC(=O)CCCCCCCCCc1c(C)cc(OC)c(OC)c1O. The lowest BCUT2D eigenvalue weighted by Gasteiger charge is -2.15. The van der Waals surface area contributed by atoms with Crippen LogP contribution in [0.15, 0.2) is 6.07 Å². The lowest BCUT2D eigenvalue weighted by molar-refractivity contribution is -0.142. The number of esters is 1. The average Bonchev–Trinajstić information content (AvgIpc) is 2.90. The van der Waals surface area contributed by atoms with Crippen molar-refractivity contribution in [3.8, 4) is 17.2 Å². The van der Waals surface area contributed by atoms with Crippen LogP contribution in [0, 0.1) is 12.8 Å². The maximum atomic E-state index is 11.0. The fourth-order valence-corrected chi connectivity index (χ4v) is 4.37. The first-order chi connectivity index (χ1) is 18.2. The number of phenols is 1. The van der Waals surface area contributed by atoms with Crippen LogP contribution < -0.4 is 9.47 Å². The highest BCUT2D eigenvalue weighted by Gasteiger charge is 2.16. The predicted octanol–water partition coefficient (Wildman–Crippen LogP) is 8.01. The summed E-state index contributed by atoms with van der Waals surface area (Å²) in [6, 6.07) is 1.91. The summed E-state index contributed by atoms with van der Waals surface area (Å²) in [6.45, 7) is 5.97. The van der Waals surface area contributed by atoms with Crippen LogP contribution in [-0.4, -0.2) is 43.5 Å². The third-order valence-electron chi connectivity index (χ3n) is 6.92. The van der Waals surface area contributed by atoms with Gasteiger partial charge in [0.25, 0.3) is 0 Å². The average molecular weight is 539 g/mol. The smallest absolute Gasteiger partial charge is 0.306 e. The maximum absolute atomic E-state index is 11.0. The first kappa shape index (κ1) is 35.6. The molecular weight excluding hydrogens is 484 g/mol. The van der Waals surface area contributed by atoms with Crippen molar-refractivity contribution in [3.05, 3.63) is 17.2 Å². The van der Waals surface area contributed by atoms with Crippen molar-refractivity contribution in [2.24, 2.45) is 5.92 Å². The lowest BCUT2D eigenvalue weighted by Crippen LogP contribution is -2.08. The van der Waals surface area contributed by atoms with Gasteiger partial charge in [-0.05, 0) is 44.2 Å². The van der Waals surface area contributed by atoms with Gasteiger partial charge in [0, 0.05) is 12.0 Å². The quantitative estimate of drug-likeness (QED) is 0.128. The number of hydrogen-bond donors (Lipinski definition) is 2. The molecule has 1 unspecified atom stereocenters. The summed E-state index contributed by atoms with van der Waals surface area (Å²) < 4.78 is 15.1. The number of ether oxygens (including phenoxy) is 3. The molecule has 0 saturated heterocycles. The fourth-order valence-electron chi connectivity index (χ4n) is 4.37. The highest BCUT2D eigenvalue weighted by Crippen LogP contribution is 2.41. The standard InChI is InChI=1S/C20H32O5.C11H22O2/c1-15-14-17(23-2)20(25-4)19(22)16(15)12-10-8-6-5-7-9-11-13-18(21)24-3;1-3-4-5-6-7-8-9-10(2)11(12)13/h14,22H,5-13H2,1-4H3;10H,3-9H2,1-2H3,(H,12,13). The topological polar surface area (TPSA) is 102 Å². The summed E-state index contributed by atoms with van der Waals surface area (Å²) >= 11 is 0. The number of unbranched alkanes of at least 4 members (excludes halogenated alkanes) is 11. The molecule has 0 bridgehead atoms. The maximum Gasteiger partial charge on any atom is 0.306 e. The Morgan fingerprint density at radius 3 is 1.92 bits per heavy atom. The second kappa shape index (κ2) is 22.5. The van der Waals surface area contributed by atoms with Gasteiger partial charge in [0.15, 0.2) is 11.5 Å². The van der Waals surface area contributed by atoms with Crippen molar-refractivity contribution in [2.45, 2.75) is 124 Å². The molecule has 0 spiro atoms. The second-order valence-electron chi connectivity index (χ2n) is 10.1. The molecule has 0 saturated carbocycles. The normalized spacial score (nSPS) is 11.3. The number of carbonyl (C=O) groups is 2. The zero-order valence-corrected chi connectivity index (χ0v) is 24.9.